The Balaban J connectivity index is 1.11. The summed E-state index contributed by atoms with van der Waals surface area (Å²) < 4.78 is 5.52. The van der Waals surface area contributed by atoms with E-state index in [1.54, 1.807) is 0 Å². The van der Waals surface area contributed by atoms with Gasteiger partial charge >= 0.3 is 0 Å². The van der Waals surface area contributed by atoms with E-state index in [9.17, 15) is 4.79 Å². The van der Waals surface area contributed by atoms with E-state index in [0.717, 1.165) is 92.9 Å². The number of fused-ring (bicyclic) bond motifs is 2. The number of piperidine rings is 1. The highest BCUT2D eigenvalue weighted by atomic mass is 16.5. The van der Waals surface area contributed by atoms with Crippen LogP contribution in [0, 0.1) is 0 Å². The molecule has 2 aliphatic rings. The lowest BCUT2D eigenvalue weighted by molar-refractivity contribution is -0.132. The topological polar surface area (TPSA) is 90.1 Å². The Kier molecular flexibility index (Phi) is 7.88. The standard InChI is InChI=1S/C33H44N6O2/c1-22(2)30-26-20-24(7-8-28(26)36-31(30)25-9-13-34-32-27(25)21-35-37-32)23-10-14-38(15-11-23)29(40)6-5-12-33(3,4)39-16-18-41-19-17-39/h7-9,13,20-23,36H,5-6,10-12,14-19H2,1-4H3,(H,34,35,37). The summed E-state index contributed by atoms with van der Waals surface area (Å²) in [5.41, 5.74) is 7.08. The zero-order valence-corrected chi connectivity index (χ0v) is 25.0. The Labute approximate surface area is 242 Å². The van der Waals surface area contributed by atoms with Gasteiger partial charge in [-0.25, -0.2) is 4.98 Å². The zero-order chi connectivity index (χ0) is 28.6. The number of H-pyrrole nitrogens is 2. The van der Waals surface area contributed by atoms with Crippen molar-refractivity contribution < 1.29 is 9.53 Å². The number of amides is 1. The van der Waals surface area contributed by atoms with E-state index in [1.165, 1.54) is 16.5 Å². The lowest BCUT2D eigenvalue weighted by Crippen LogP contribution is -2.49. The molecule has 8 heteroatoms. The van der Waals surface area contributed by atoms with Gasteiger partial charge in [-0.1, -0.05) is 19.9 Å². The molecule has 0 bridgehead atoms. The Morgan fingerprint density at radius 1 is 1.10 bits per heavy atom. The van der Waals surface area contributed by atoms with Crippen LogP contribution in [-0.4, -0.2) is 80.8 Å². The number of carbonyl (C=O) groups excluding carboxylic acids is 1. The van der Waals surface area contributed by atoms with Crippen LogP contribution in [0.1, 0.15) is 82.8 Å². The molecule has 3 aromatic heterocycles. The summed E-state index contributed by atoms with van der Waals surface area (Å²) in [6, 6.07) is 8.99. The molecule has 2 saturated heterocycles. The largest absolute Gasteiger partial charge is 0.379 e. The van der Waals surface area contributed by atoms with Gasteiger partial charge in [-0.15, -0.1) is 0 Å². The van der Waals surface area contributed by atoms with Gasteiger partial charge in [0.1, 0.15) is 0 Å². The highest BCUT2D eigenvalue weighted by molar-refractivity contribution is 5.98. The smallest absolute Gasteiger partial charge is 0.222 e. The maximum absolute atomic E-state index is 13.1. The summed E-state index contributed by atoms with van der Waals surface area (Å²) >= 11 is 0. The van der Waals surface area contributed by atoms with Gasteiger partial charge in [0.05, 0.1) is 25.1 Å². The lowest BCUT2D eigenvalue weighted by Gasteiger charge is -2.41. The Bertz CT molecular complexity index is 1500. The molecule has 0 aliphatic carbocycles. The fourth-order valence-corrected chi connectivity index (χ4v) is 6.98. The first-order valence-electron chi connectivity index (χ1n) is 15.4. The van der Waals surface area contributed by atoms with Crippen LogP contribution in [0.5, 0.6) is 0 Å². The van der Waals surface area contributed by atoms with Gasteiger partial charge in [-0.3, -0.25) is 14.8 Å². The van der Waals surface area contributed by atoms with Gasteiger partial charge in [-0.2, -0.15) is 5.10 Å². The van der Waals surface area contributed by atoms with Crippen LogP contribution in [0.2, 0.25) is 0 Å². The molecule has 0 spiro atoms. The summed E-state index contributed by atoms with van der Waals surface area (Å²) in [5, 5.41) is 9.54. The van der Waals surface area contributed by atoms with Gasteiger partial charge < -0.3 is 14.6 Å². The fraction of sp³-hybridized carbons (Fsp3) is 0.545. The number of benzene rings is 1. The lowest BCUT2D eigenvalue weighted by atomic mass is 9.87. The van der Waals surface area contributed by atoms with E-state index in [-0.39, 0.29) is 5.54 Å². The molecule has 0 radical (unpaired) electrons. The first kappa shape index (κ1) is 27.9. The minimum atomic E-state index is 0.116. The van der Waals surface area contributed by atoms with Gasteiger partial charge in [0.2, 0.25) is 5.91 Å². The molecule has 2 fully saturated rings. The van der Waals surface area contributed by atoms with Crippen molar-refractivity contribution in [3.8, 4) is 11.3 Å². The highest BCUT2D eigenvalue weighted by Crippen LogP contribution is 2.40. The van der Waals surface area contributed by atoms with E-state index in [4.69, 9.17) is 4.74 Å². The number of likely N-dealkylation sites (tertiary alicyclic amines) is 1. The van der Waals surface area contributed by atoms with Crippen molar-refractivity contribution >= 4 is 27.8 Å². The number of ether oxygens (including phenoxy) is 1. The number of aromatic amines is 2. The van der Waals surface area contributed by atoms with Crippen molar-refractivity contribution in [2.24, 2.45) is 0 Å². The number of nitrogens with one attached hydrogen (secondary N) is 2. The van der Waals surface area contributed by atoms with E-state index in [2.05, 4.69) is 81.9 Å². The second-order valence-corrected chi connectivity index (χ2v) is 12.8. The number of aromatic nitrogens is 4. The molecule has 2 aliphatic heterocycles. The number of hydrogen-bond donors (Lipinski definition) is 2. The summed E-state index contributed by atoms with van der Waals surface area (Å²) in [5.74, 6) is 1.15. The molecular formula is C33H44N6O2. The van der Waals surface area contributed by atoms with Gasteiger partial charge in [0, 0.05) is 66.2 Å². The molecule has 5 heterocycles. The second kappa shape index (κ2) is 11.6. The normalized spacial score (nSPS) is 17.7. The molecule has 0 unspecified atom stereocenters. The first-order chi connectivity index (χ1) is 19.8. The number of morpholine rings is 1. The van der Waals surface area contributed by atoms with Gasteiger partial charge in [-0.05, 0) is 80.7 Å². The van der Waals surface area contributed by atoms with Crippen molar-refractivity contribution in [2.75, 3.05) is 39.4 Å². The van der Waals surface area contributed by atoms with E-state index in [0.29, 0.717) is 24.2 Å². The third-order valence-electron chi connectivity index (χ3n) is 9.43. The average molecular weight is 557 g/mol. The molecular weight excluding hydrogens is 512 g/mol. The van der Waals surface area contributed by atoms with Crippen LogP contribution < -0.4 is 0 Å². The predicted molar refractivity (Wildman–Crippen MR) is 164 cm³/mol. The van der Waals surface area contributed by atoms with Crippen LogP contribution in [0.25, 0.3) is 33.2 Å². The van der Waals surface area contributed by atoms with E-state index < -0.39 is 0 Å². The van der Waals surface area contributed by atoms with Gasteiger partial charge in [0.25, 0.3) is 0 Å². The number of carbonyl (C=O) groups is 1. The molecule has 0 saturated carbocycles. The summed E-state index contributed by atoms with van der Waals surface area (Å²) in [6.45, 7) is 14.4. The molecule has 8 nitrogen and oxygen atoms in total. The zero-order valence-electron chi connectivity index (χ0n) is 25.0. The number of pyridine rings is 1. The maximum atomic E-state index is 13.1. The monoisotopic (exact) mass is 556 g/mol. The molecule has 1 aromatic carbocycles. The summed E-state index contributed by atoms with van der Waals surface area (Å²) in [6.07, 6.45) is 8.37. The molecule has 4 aromatic rings. The van der Waals surface area contributed by atoms with Gasteiger partial charge in [0.15, 0.2) is 5.65 Å². The molecule has 41 heavy (non-hydrogen) atoms. The van der Waals surface area contributed by atoms with Crippen LogP contribution in [0.15, 0.2) is 36.7 Å². The molecule has 6 rings (SSSR count). The van der Waals surface area contributed by atoms with Crippen molar-refractivity contribution in [3.63, 3.8) is 0 Å². The van der Waals surface area contributed by atoms with Crippen molar-refractivity contribution in [2.45, 2.75) is 77.2 Å². The van der Waals surface area contributed by atoms with E-state index in [1.807, 2.05) is 12.4 Å². The van der Waals surface area contributed by atoms with Crippen LogP contribution >= 0.6 is 0 Å². The number of nitrogens with zero attached hydrogens (tertiary/aromatic N) is 4. The Morgan fingerprint density at radius 2 is 1.88 bits per heavy atom. The van der Waals surface area contributed by atoms with Crippen molar-refractivity contribution in [1.82, 2.24) is 30.0 Å². The SMILES string of the molecule is CC(C)c1c(-c2ccnc3[nH]ncc23)[nH]c2ccc(C3CCN(C(=O)CCCC(C)(C)N4CCOCC4)CC3)cc12. The second-order valence-electron chi connectivity index (χ2n) is 12.8. The third-order valence-corrected chi connectivity index (χ3v) is 9.43. The quantitative estimate of drug-likeness (QED) is 0.269. The average Bonchev–Trinajstić information content (AvgIpc) is 3.62. The molecule has 0 atom stereocenters. The Hall–Kier alpha value is -3.23. The number of rotatable bonds is 8. The molecule has 218 valence electrons. The summed E-state index contributed by atoms with van der Waals surface area (Å²) in [4.78, 5) is 25.8. The summed E-state index contributed by atoms with van der Waals surface area (Å²) in [7, 11) is 0. The fourth-order valence-electron chi connectivity index (χ4n) is 6.98. The van der Waals surface area contributed by atoms with Crippen LogP contribution in [-0.2, 0) is 9.53 Å². The molecule has 2 N–H and O–H groups in total. The highest BCUT2D eigenvalue weighted by Gasteiger charge is 2.29. The molecule has 1 amide bonds. The van der Waals surface area contributed by atoms with Crippen LogP contribution in [0.4, 0.5) is 0 Å². The van der Waals surface area contributed by atoms with Crippen molar-refractivity contribution in [3.05, 3.63) is 47.8 Å². The van der Waals surface area contributed by atoms with Crippen LogP contribution in [0.3, 0.4) is 0 Å². The predicted octanol–water partition coefficient (Wildman–Crippen LogP) is 6.22. The minimum Gasteiger partial charge on any atom is -0.379 e. The van der Waals surface area contributed by atoms with E-state index >= 15 is 0 Å². The van der Waals surface area contributed by atoms with Crippen molar-refractivity contribution in [1.29, 1.82) is 0 Å². The third kappa shape index (κ3) is 5.64. The Morgan fingerprint density at radius 3 is 2.63 bits per heavy atom. The first-order valence-corrected chi connectivity index (χ1v) is 15.4. The maximum Gasteiger partial charge on any atom is 0.222 e. The minimum absolute atomic E-state index is 0.116. The number of hydrogen-bond acceptors (Lipinski definition) is 5.